The summed E-state index contributed by atoms with van der Waals surface area (Å²) in [6.45, 7) is -0.0994. The maximum absolute atomic E-state index is 11.7. The molecule has 1 aromatic carbocycles. The van der Waals surface area contributed by atoms with Crippen molar-refractivity contribution >= 4 is 21.6 Å². The van der Waals surface area contributed by atoms with Gasteiger partial charge in [-0.05, 0) is 12.1 Å². The van der Waals surface area contributed by atoms with Gasteiger partial charge in [0, 0.05) is 18.2 Å². The van der Waals surface area contributed by atoms with Crippen LogP contribution in [0.2, 0.25) is 0 Å². The Kier molecular flexibility index (Phi) is 3.98. The summed E-state index contributed by atoms with van der Waals surface area (Å²) in [4.78, 5) is 5.09. The summed E-state index contributed by atoms with van der Waals surface area (Å²) in [7, 11) is -1.49. The minimum absolute atomic E-state index is 0.0994. The third-order valence-corrected chi connectivity index (χ3v) is 5.08. The summed E-state index contributed by atoms with van der Waals surface area (Å²) in [6.07, 6.45) is 2.76. The molecule has 1 N–H and O–H groups in total. The number of rotatable bonds is 4. The molecule has 2 rings (SSSR count). The molecule has 0 aliphatic rings. The van der Waals surface area contributed by atoms with E-state index in [2.05, 4.69) is 4.98 Å². The van der Waals surface area contributed by atoms with Crippen molar-refractivity contribution in [3.05, 3.63) is 36.2 Å². The number of aliphatic hydroxyl groups excluding tert-OH is 1. The number of aromatic nitrogens is 2. The van der Waals surface area contributed by atoms with Gasteiger partial charge in [0.05, 0.1) is 23.4 Å². The summed E-state index contributed by atoms with van der Waals surface area (Å²) >= 11 is 1.27. The highest BCUT2D eigenvalue weighted by molar-refractivity contribution is 8.00. The molecule has 0 bridgehead atoms. The fourth-order valence-corrected chi connectivity index (χ4v) is 3.82. The second-order valence-corrected chi connectivity index (χ2v) is 7.06. The van der Waals surface area contributed by atoms with Crippen LogP contribution in [-0.4, -0.2) is 29.3 Å². The van der Waals surface area contributed by atoms with Crippen LogP contribution < -0.4 is 0 Å². The average molecular weight is 298 g/mol. The summed E-state index contributed by atoms with van der Waals surface area (Å²) in [5.41, 5.74) is 0.680. The third kappa shape index (κ3) is 2.99. The van der Waals surface area contributed by atoms with Crippen LogP contribution in [0.5, 0.6) is 0 Å². The lowest BCUT2D eigenvalue weighted by molar-refractivity contribution is 0.271. The summed E-state index contributed by atoms with van der Waals surface area (Å²) < 4.78 is 25.2. The lowest BCUT2D eigenvalue weighted by atomic mass is 10.4. The van der Waals surface area contributed by atoms with Gasteiger partial charge in [-0.25, -0.2) is 13.4 Å². The maximum atomic E-state index is 11.7. The second kappa shape index (κ2) is 5.36. The first-order chi connectivity index (χ1) is 8.93. The zero-order valence-electron chi connectivity index (χ0n) is 10.6. The highest BCUT2D eigenvalue weighted by Gasteiger charge is 2.15. The van der Waals surface area contributed by atoms with Crippen molar-refractivity contribution < 1.29 is 13.5 Å². The first kappa shape index (κ1) is 14.1. The van der Waals surface area contributed by atoms with E-state index in [0.29, 0.717) is 15.7 Å². The summed E-state index contributed by atoms with van der Waals surface area (Å²) in [5, 5.41) is 9.75. The molecule has 0 spiro atoms. The Balaban J connectivity index is 2.42. The first-order valence-corrected chi connectivity index (χ1v) is 8.22. The fourth-order valence-electron chi connectivity index (χ4n) is 1.61. The largest absolute Gasteiger partial charge is 0.390 e. The molecule has 2 aromatic rings. The topological polar surface area (TPSA) is 72.2 Å². The Morgan fingerprint density at radius 1 is 1.37 bits per heavy atom. The highest BCUT2D eigenvalue weighted by atomic mass is 32.2. The molecule has 1 aromatic heterocycles. The van der Waals surface area contributed by atoms with E-state index in [4.69, 9.17) is 5.11 Å². The van der Waals surface area contributed by atoms with Crippen LogP contribution >= 0.6 is 11.8 Å². The van der Waals surface area contributed by atoms with Gasteiger partial charge in [-0.1, -0.05) is 23.9 Å². The molecule has 0 radical (unpaired) electrons. The minimum atomic E-state index is -3.27. The van der Waals surface area contributed by atoms with Crippen LogP contribution in [0.15, 0.2) is 45.4 Å². The van der Waals surface area contributed by atoms with Crippen molar-refractivity contribution in [2.45, 2.75) is 21.6 Å². The number of hydrogen-bond donors (Lipinski definition) is 1. The molecule has 0 atom stereocenters. The number of sulfone groups is 1. The molecular formula is C12H14N2O3S2. The third-order valence-electron chi connectivity index (χ3n) is 2.65. The molecule has 5 nitrogen and oxygen atoms in total. The van der Waals surface area contributed by atoms with Crippen molar-refractivity contribution in [3.63, 3.8) is 0 Å². The van der Waals surface area contributed by atoms with Gasteiger partial charge in [-0.15, -0.1) is 0 Å². The molecule has 0 saturated heterocycles. The van der Waals surface area contributed by atoms with Crippen LogP contribution in [0.1, 0.15) is 5.69 Å². The van der Waals surface area contributed by atoms with Crippen molar-refractivity contribution in [2.75, 3.05) is 6.26 Å². The monoisotopic (exact) mass is 298 g/mol. The van der Waals surface area contributed by atoms with Crippen molar-refractivity contribution in [3.8, 4) is 0 Å². The SMILES string of the molecule is Cn1c(CO)cnc1Sc1ccccc1S(C)(=O)=O. The van der Waals surface area contributed by atoms with Gasteiger partial charge in [0.2, 0.25) is 0 Å². The predicted molar refractivity (Wildman–Crippen MR) is 72.8 cm³/mol. The Morgan fingerprint density at radius 3 is 2.63 bits per heavy atom. The van der Waals surface area contributed by atoms with Crippen LogP contribution in [0.3, 0.4) is 0 Å². The van der Waals surface area contributed by atoms with E-state index in [1.807, 2.05) is 0 Å². The normalized spacial score (nSPS) is 11.7. The Bertz CT molecular complexity index is 693. The zero-order chi connectivity index (χ0) is 14.0. The molecule has 0 saturated carbocycles. The van der Waals surface area contributed by atoms with E-state index in [0.717, 1.165) is 0 Å². The van der Waals surface area contributed by atoms with Gasteiger partial charge in [0.1, 0.15) is 0 Å². The van der Waals surface area contributed by atoms with Crippen molar-refractivity contribution in [2.24, 2.45) is 7.05 Å². The molecule has 0 aliphatic heterocycles. The number of aliphatic hydroxyl groups is 1. The van der Waals surface area contributed by atoms with Crippen LogP contribution in [0, 0.1) is 0 Å². The predicted octanol–water partition coefficient (Wildman–Crippen LogP) is 1.47. The quantitative estimate of drug-likeness (QED) is 0.925. The van der Waals surface area contributed by atoms with E-state index in [-0.39, 0.29) is 11.5 Å². The van der Waals surface area contributed by atoms with Crippen LogP contribution in [0.4, 0.5) is 0 Å². The van der Waals surface area contributed by atoms with Crippen molar-refractivity contribution in [1.82, 2.24) is 9.55 Å². The Morgan fingerprint density at radius 2 is 2.05 bits per heavy atom. The van der Waals surface area contributed by atoms with Crippen LogP contribution in [-0.2, 0) is 23.5 Å². The fraction of sp³-hybridized carbons (Fsp3) is 0.250. The van der Waals surface area contributed by atoms with Gasteiger partial charge in [0.25, 0.3) is 0 Å². The molecular weight excluding hydrogens is 284 g/mol. The second-order valence-electron chi connectivity index (χ2n) is 4.07. The van der Waals surface area contributed by atoms with E-state index in [1.54, 1.807) is 42.1 Å². The summed E-state index contributed by atoms with van der Waals surface area (Å²) in [6, 6.07) is 6.80. The lowest BCUT2D eigenvalue weighted by Crippen LogP contribution is -2.01. The zero-order valence-corrected chi connectivity index (χ0v) is 12.2. The molecule has 0 unspecified atom stereocenters. The van der Waals surface area contributed by atoms with Gasteiger partial charge >= 0.3 is 0 Å². The van der Waals surface area contributed by atoms with E-state index < -0.39 is 9.84 Å². The smallest absolute Gasteiger partial charge is 0.176 e. The molecule has 7 heteroatoms. The highest BCUT2D eigenvalue weighted by Crippen LogP contribution is 2.31. The molecule has 0 amide bonds. The Labute approximate surface area is 116 Å². The van der Waals surface area contributed by atoms with Crippen LogP contribution in [0.25, 0.3) is 0 Å². The standard InChI is InChI=1S/C12H14N2O3S2/c1-14-9(8-15)7-13-12(14)18-10-5-3-4-6-11(10)19(2,16)17/h3-7,15H,8H2,1-2H3. The summed E-state index contributed by atoms with van der Waals surface area (Å²) in [5.74, 6) is 0. The minimum Gasteiger partial charge on any atom is -0.390 e. The number of hydrogen-bond acceptors (Lipinski definition) is 5. The molecule has 0 fully saturated rings. The van der Waals surface area contributed by atoms with Gasteiger partial charge < -0.3 is 9.67 Å². The van der Waals surface area contributed by atoms with E-state index >= 15 is 0 Å². The van der Waals surface area contributed by atoms with Gasteiger partial charge in [0.15, 0.2) is 15.0 Å². The first-order valence-electron chi connectivity index (χ1n) is 5.52. The number of benzene rings is 1. The maximum Gasteiger partial charge on any atom is 0.176 e. The Hall–Kier alpha value is -1.31. The molecule has 19 heavy (non-hydrogen) atoms. The number of imidazole rings is 1. The van der Waals surface area contributed by atoms with E-state index in [9.17, 15) is 8.42 Å². The molecule has 102 valence electrons. The van der Waals surface area contributed by atoms with Crippen molar-refractivity contribution in [1.29, 1.82) is 0 Å². The number of nitrogens with zero attached hydrogens (tertiary/aromatic N) is 2. The molecule has 1 heterocycles. The average Bonchev–Trinajstić information content (AvgIpc) is 2.70. The van der Waals surface area contributed by atoms with Gasteiger partial charge in [-0.3, -0.25) is 0 Å². The van der Waals surface area contributed by atoms with E-state index in [1.165, 1.54) is 18.0 Å². The molecule has 0 aliphatic carbocycles. The van der Waals surface area contributed by atoms with Gasteiger partial charge in [-0.2, -0.15) is 0 Å². The lowest BCUT2D eigenvalue weighted by Gasteiger charge is -2.07.